The Morgan fingerprint density at radius 1 is 1.79 bits per heavy atom. The highest BCUT2D eigenvalue weighted by Crippen LogP contribution is 2.00. The van der Waals surface area contributed by atoms with E-state index in [1.807, 2.05) is 13.2 Å². The van der Waals surface area contributed by atoms with Crippen molar-refractivity contribution in [2.75, 3.05) is 12.0 Å². The summed E-state index contributed by atoms with van der Waals surface area (Å²) in [5.74, 6) is 1.11. The molecule has 0 aliphatic heterocycles. The minimum absolute atomic E-state index is 0.167. The van der Waals surface area contributed by atoms with Crippen LogP contribution in [0.4, 0.5) is 0 Å². The highest BCUT2D eigenvalue weighted by Gasteiger charge is 2.11. The highest BCUT2D eigenvalue weighted by molar-refractivity contribution is 7.98. The number of aromatic nitrogens is 3. The van der Waals surface area contributed by atoms with Crippen LogP contribution in [0.1, 0.15) is 24.0 Å². The summed E-state index contributed by atoms with van der Waals surface area (Å²) in [6.45, 7) is 1.98. The molecule has 1 rings (SSSR count). The molecule has 1 aromatic rings. The fourth-order valence-corrected chi connectivity index (χ4v) is 1.56. The fourth-order valence-electron chi connectivity index (χ4n) is 0.974. The van der Waals surface area contributed by atoms with Gasteiger partial charge in [0.1, 0.15) is 6.33 Å². The van der Waals surface area contributed by atoms with Crippen LogP contribution in [0.3, 0.4) is 0 Å². The lowest BCUT2D eigenvalue weighted by molar-refractivity contribution is 0.0929. The number of hydrogen-bond donors (Lipinski definition) is 2. The van der Waals surface area contributed by atoms with E-state index in [-0.39, 0.29) is 17.8 Å². The Morgan fingerprint density at radius 2 is 2.57 bits per heavy atom. The molecule has 0 spiro atoms. The molecule has 0 aliphatic rings. The molecule has 1 unspecified atom stereocenters. The Morgan fingerprint density at radius 3 is 3.14 bits per heavy atom. The van der Waals surface area contributed by atoms with E-state index in [1.165, 1.54) is 6.33 Å². The number of hydrogen-bond acceptors (Lipinski definition) is 4. The second-order valence-electron chi connectivity index (χ2n) is 2.99. The van der Waals surface area contributed by atoms with Gasteiger partial charge in [-0.15, -0.1) is 0 Å². The molecule has 6 heteroatoms. The Hall–Kier alpha value is -1.04. The van der Waals surface area contributed by atoms with E-state index in [0.29, 0.717) is 0 Å². The zero-order valence-corrected chi connectivity index (χ0v) is 9.10. The summed E-state index contributed by atoms with van der Waals surface area (Å²) >= 11 is 1.77. The van der Waals surface area contributed by atoms with Crippen LogP contribution in [-0.4, -0.2) is 39.1 Å². The molecule has 0 bridgehead atoms. The Kier molecular flexibility index (Phi) is 4.45. The predicted molar refractivity (Wildman–Crippen MR) is 56.3 cm³/mol. The summed E-state index contributed by atoms with van der Waals surface area (Å²) in [6, 6.07) is 0.167. The Labute approximate surface area is 87.1 Å². The smallest absolute Gasteiger partial charge is 0.288 e. The Balaban J connectivity index is 2.34. The highest BCUT2D eigenvalue weighted by atomic mass is 32.2. The number of amides is 1. The van der Waals surface area contributed by atoms with Gasteiger partial charge < -0.3 is 5.32 Å². The lowest BCUT2D eigenvalue weighted by Gasteiger charge is -2.11. The molecule has 1 heterocycles. The average Bonchev–Trinajstić information content (AvgIpc) is 2.67. The van der Waals surface area contributed by atoms with Gasteiger partial charge in [0.2, 0.25) is 5.82 Å². The predicted octanol–water partition coefficient (Wildman–Crippen LogP) is 0.676. The molecule has 0 radical (unpaired) electrons. The third-order valence-corrected chi connectivity index (χ3v) is 2.41. The van der Waals surface area contributed by atoms with Gasteiger partial charge in [-0.3, -0.25) is 9.89 Å². The van der Waals surface area contributed by atoms with Gasteiger partial charge in [-0.2, -0.15) is 16.9 Å². The monoisotopic (exact) mass is 214 g/mol. The van der Waals surface area contributed by atoms with Crippen molar-refractivity contribution >= 4 is 17.7 Å². The van der Waals surface area contributed by atoms with Gasteiger partial charge in [0.25, 0.3) is 5.91 Å². The van der Waals surface area contributed by atoms with Crippen LogP contribution >= 0.6 is 11.8 Å². The lowest BCUT2D eigenvalue weighted by Crippen LogP contribution is -2.33. The molecule has 14 heavy (non-hydrogen) atoms. The van der Waals surface area contributed by atoms with Crippen molar-refractivity contribution in [3.8, 4) is 0 Å². The number of carbonyl (C=O) groups excluding carboxylic acids is 1. The first-order valence-electron chi connectivity index (χ1n) is 4.39. The fraction of sp³-hybridized carbons (Fsp3) is 0.625. The van der Waals surface area contributed by atoms with Gasteiger partial charge in [-0.05, 0) is 25.4 Å². The van der Waals surface area contributed by atoms with Crippen LogP contribution in [-0.2, 0) is 0 Å². The van der Waals surface area contributed by atoms with Crippen molar-refractivity contribution in [3.05, 3.63) is 12.2 Å². The molecule has 0 aliphatic carbocycles. The van der Waals surface area contributed by atoms with Crippen LogP contribution in [0, 0.1) is 0 Å². The minimum atomic E-state index is -0.198. The molecule has 1 aromatic heterocycles. The van der Waals surface area contributed by atoms with Crippen molar-refractivity contribution in [2.45, 2.75) is 19.4 Å². The second kappa shape index (κ2) is 5.64. The van der Waals surface area contributed by atoms with E-state index in [2.05, 4.69) is 20.5 Å². The molecule has 0 saturated carbocycles. The van der Waals surface area contributed by atoms with Crippen LogP contribution in [0.2, 0.25) is 0 Å². The summed E-state index contributed by atoms with van der Waals surface area (Å²) in [6.07, 6.45) is 4.33. The maximum absolute atomic E-state index is 11.4. The Bertz CT molecular complexity index is 275. The van der Waals surface area contributed by atoms with Crippen molar-refractivity contribution in [1.82, 2.24) is 20.5 Å². The molecule has 2 N–H and O–H groups in total. The first-order valence-corrected chi connectivity index (χ1v) is 5.78. The summed E-state index contributed by atoms with van der Waals surface area (Å²) in [7, 11) is 0. The molecule has 1 amide bonds. The molecule has 78 valence electrons. The molecule has 0 saturated heterocycles. The van der Waals surface area contributed by atoms with Gasteiger partial charge in [-0.25, -0.2) is 4.98 Å². The number of nitrogens with one attached hydrogen (secondary N) is 2. The molecule has 5 nitrogen and oxygen atoms in total. The molecular formula is C8H14N4OS. The summed E-state index contributed by atoms with van der Waals surface area (Å²) in [4.78, 5) is 15.2. The molecule has 0 fully saturated rings. The summed E-state index contributed by atoms with van der Waals surface area (Å²) in [5.41, 5.74) is 0. The zero-order valence-electron chi connectivity index (χ0n) is 8.28. The van der Waals surface area contributed by atoms with Crippen molar-refractivity contribution < 1.29 is 4.79 Å². The third kappa shape index (κ3) is 3.37. The van der Waals surface area contributed by atoms with E-state index in [9.17, 15) is 4.79 Å². The number of nitrogens with zero attached hydrogens (tertiary/aromatic N) is 2. The SMILES string of the molecule is CSCCC(C)NC(=O)c1ncn[nH]1. The van der Waals surface area contributed by atoms with Crippen LogP contribution in [0.25, 0.3) is 0 Å². The van der Waals surface area contributed by atoms with E-state index >= 15 is 0 Å². The topological polar surface area (TPSA) is 70.7 Å². The summed E-state index contributed by atoms with van der Waals surface area (Å²) in [5, 5.41) is 8.96. The first kappa shape index (κ1) is 11.0. The van der Waals surface area contributed by atoms with Crippen molar-refractivity contribution in [1.29, 1.82) is 0 Å². The third-order valence-electron chi connectivity index (χ3n) is 1.76. The number of rotatable bonds is 5. The van der Waals surface area contributed by atoms with Gasteiger partial charge in [0, 0.05) is 6.04 Å². The van der Waals surface area contributed by atoms with E-state index < -0.39 is 0 Å². The van der Waals surface area contributed by atoms with E-state index in [0.717, 1.165) is 12.2 Å². The van der Waals surface area contributed by atoms with Gasteiger partial charge in [0.05, 0.1) is 0 Å². The van der Waals surface area contributed by atoms with Crippen molar-refractivity contribution in [3.63, 3.8) is 0 Å². The van der Waals surface area contributed by atoms with E-state index in [4.69, 9.17) is 0 Å². The van der Waals surface area contributed by atoms with E-state index in [1.54, 1.807) is 11.8 Å². The van der Waals surface area contributed by atoms with Gasteiger partial charge >= 0.3 is 0 Å². The number of carbonyl (C=O) groups is 1. The number of H-pyrrole nitrogens is 1. The lowest BCUT2D eigenvalue weighted by atomic mass is 10.2. The maximum Gasteiger partial charge on any atom is 0.288 e. The second-order valence-corrected chi connectivity index (χ2v) is 3.98. The largest absolute Gasteiger partial charge is 0.347 e. The van der Waals surface area contributed by atoms with Crippen LogP contribution < -0.4 is 5.32 Å². The molecule has 0 aromatic carbocycles. The molecular weight excluding hydrogens is 200 g/mol. The first-order chi connectivity index (χ1) is 6.74. The average molecular weight is 214 g/mol. The molecule has 1 atom stereocenters. The quantitative estimate of drug-likeness (QED) is 0.756. The maximum atomic E-state index is 11.4. The number of thioether (sulfide) groups is 1. The minimum Gasteiger partial charge on any atom is -0.347 e. The zero-order chi connectivity index (χ0) is 10.4. The van der Waals surface area contributed by atoms with Crippen LogP contribution in [0.5, 0.6) is 0 Å². The normalized spacial score (nSPS) is 12.4. The summed E-state index contributed by atoms with van der Waals surface area (Å²) < 4.78 is 0. The van der Waals surface area contributed by atoms with Gasteiger partial charge in [-0.1, -0.05) is 0 Å². The van der Waals surface area contributed by atoms with Crippen LogP contribution in [0.15, 0.2) is 6.33 Å². The standard InChI is InChI=1S/C8H14N4OS/c1-6(3-4-14-2)11-8(13)7-9-5-10-12-7/h5-6H,3-4H2,1-2H3,(H,11,13)(H,9,10,12). The van der Waals surface area contributed by atoms with Gasteiger partial charge in [0.15, 0.2) is 0 Å². The van der Waals surface area contributed by atoms with Crippen molar-refractivity contribution in [2.24, 2.45) is 0 Å². The number of aromatic amines is 1.